The fraction of sp³-hybridized carbons (Fsp3) is 0.583. The van der Waals surface area contributed by atoms with E-state index in [0.717, 1.165) is 24.4 Å². The zero-order chi connectivity index (χ0) is 11.1. The quantitative estimate of drug-likeness (QED) is 0.829. The third kappa shape index (κ3) is 1.66. The number of rotatable bonds is 3. The highest BCUT2D eigenvalue weighted by atomic mass is 32.1. The van der Waals surface area contributed by atoms with Gasteiger partial charge in [-0.2, -0.15) is 0 Å². The van der Waals surface area contributed by atoms with Gasteiger partial charge >= 0.3 is 0 Å². The lowest BCUT2D eigenvalue weighted by molar-refractivity contribution is 0.0950. The first kappa shape index (κ1) is 10.3. The Kier molecular flexibility index (Phi) is 2.48. The van der Waals surface area contributed by atoms with E-state index in [9.17, 15) is 4.79 Å². The first-order valence-electron chi connectivity index (χ1n) is 5.90. The third-order valence-electron chi connectivity index (χ3n) is 3.62. The van der Waals surface area contributed by atoms with Crippen LogP contribution in [-0.2, 0) is 6.42 Å². The van der Waals surface area contributed by atoms with Crippen LogP contribution in [0.5, 0.6) is 0 Å². The molecule has 1 aliphatic carbocycles. The van der Waals surface area contributed by atoms with E-state index in [1.54, 1.807) is 11.3 Å². The topological polar surface area (TPSA) is 41.1 Å². The molecule has 16 heavy (non-hydrogen) atoms. The third-order valence-corrected chi connectivity index (χ3v) is 4.85. The molecule has 2 unspecified atom stereocenters. The van der Waals surface area contributed by atoms with Gasteiger partial charge in [0.15, 0.2) is 0 Å². The molecule has 3 nitrogen and oxygen atoms in total. The Hall–Kier alpha value is -0.870. The molecule has 0 aromatic carbocycles. The molecule has 0 bridgehead atoms. The second-order valence-corrected chi connectivity index (χ2v) is 5.77. The first-order chi connectivity index (χ1) is 7.79. The Bertz CT molecular complexity index is 405. The summed E-state index contributed by atoms with van der Waals surface area (Å²) in [4.78, 5) is 14.1. The number of carbonyl (C=O) groups excluding carboxylic acids is 1. The van der Waals surface area contributed by atoms with Crippen LogP contribution in [0.15, 0.2) is 12.1 Å². The lowest BCUT2D eigenvalue weighted by Crippen LogP contribution is -2.32. The molecule has 2 fully saturated rings. The Morgan fingerprint density at radius 1 is 1.50 bits per heavy atom. The summed E-state index contributed by atoms with van der Waals surface area (Å²) in [7, 11) is 0. The maximum atomic E-state index is 11.9. The molecule has 4 heteroatoms. The number of piperidine rings is 1. The normalized spacial score (nSPS) is 31.2. The van der Waals surface area contributed by atoms with Crippen LogP contribution in [0.2, 0.25) is 0 Å². The standard InChI is InChI=1S/C12H16N2OS/c1-2-7-3-4-10(16-7)12(15)14-11-8-5-13-6-9(8)11/h3-4,8-9,11,13H,2,5-6H2,1H3,(H,14,15). The summed E-state index contributed by atoms with van der Waals surface area (Å²) in [6.07, 6.45) is 1.01. The average molecular weight is 236 g/mol. The van der Waals surface area contributed by atoms with Gasteiger partial charge in [-0.05, 0) is 30.4 Å². The van der Waals surface area contributed by atoms with Crippen LogP contribution in [0.4, 0.5) is 0 Å². The van der Waals surface area contributed by atoms with Crippen molar-refractivity contribution in [3.8, 4) is 0 Å². The second kappa shape index (κ2) is 3.86. The number of carbonyl (C=O) groups is 1. The van der Waals surface area contributed by atoms with Gasteiger partial charge in [0.05, 0.1) is 4.88 Å². The van der Waals surface area contributed by atoms with Gasteiger partial charge < -0.3 is 10.6 Å². The highest BCUT2D eigenvalue weighted by Gasteiger charge is 2.53. The van der Waals surface area contributed by atoms with Gasteiger partial charge in [0.25, 0.3) is 5.91 Å². The summed E-state index contributed by atoms with van der Waals surface area (Å²) in [5, 5.41) is 6.47. The molecule has 1 saturated heterocycles. The molecule has 0 spiro atoms. The molecular formula is C12H16N2OS. The van der Waals surface area contributed by atoms with Crippen LogP contribution in [0.1, 0.15) is 21.5 Å². The smallest absolute Gasteiger partial charge is 0.261 e. The summed E-state index contributed by atoms with van der Waals surface area (Å²) in [5.74, 6) is 1.49. The minimum absolute atomic E-state index is 0.115. The van der Waals surface area contributed by atoms with E-state index >= 15 is 0 Å². The minimum Gasteiger partial charge on any atom is -0.348 e. The number of fused-ring (bicyclic) bond motifs is 1. The number of nitrogens with one attached hydrogen (secondary N) is 2. The zero-order valence-corrected chi connectivity index (χ0v) is 10.1. The summed E-state index contributed by atoms with van der Waals surface area (Å²) in [6.45, 7) is 4.25. The Morgan fingerprint density at radius 3 is 2.88 bits per heavy atom. The van der Waals surface area contributed by atoms with Gasteiger partial charge in [0.2, 0.25) is 0 Å². The van der Waals surface area contributed by atoms with Gasteiger partial charge in [-0.1, -0.05) is 6.92 Å². The van der Waals surface area contributed by atoms with Crippen LogP contribution < -0.4 is 10.6 Å². The second-order valence-electron chi connectivity index (χ2n) is 4.60. The van der Waals surface area contributed by atoms with Crippen LogP contribution in [0.25, 0.3) is 0 Å². The van der Waals surface area contributed by atoms with Crippen molar-refractivity contribution >= 4 is 17.2 Å². The number of hydrogen-bond acceptors (Lipinski definition) is 3. The molecular weight excluding hydrogens is 220 g/mol. The lowest BCUT2D eigenvalue weighted by atomic mass is 10.3. The van der Waals surface area contributed by atoms with E-state index in [1.165, 1.54) is 4.88 Å². The molecule has 2 aliphatic rings. The van der Waals surface area contributed by atoms with Gasteiger partial charge in [-0.3, -0.25) is 4.79 Å². The molecule has 2 N–H and O–H groups in total. The van der Waals surface area contributed by atoms with E-state index in [4.69, 9.17) is 0 Å². The van der Waals surface area contributed by atoms with Gasteiger partial charge in [-0.25, -0.2) is 0 Å². The van der Waals surface area contributed by atoms with Crippen molar-refractivity contribution in [2.45, 2.75) is 19.4 Å². The Morgan fingerprint density at radius 2 is 2.25 bits per heavy atom. The first-order valence-corrected chi connectivity index (χ1v) is 6.71. The molecule has 1 aromatic heterocycles. The summed E-state index contributed by atoms with van der Waals surface area (Å²) in [5.41, 5.74) is 0. The van der Waals surface area contributed by atoms with Crippen LogP contribution in [0, 0.1) is 11.8 Å². The number of amides is 1. The van der Waals surface area contributed by atoms with Crippen molar-refractivity contribution in [2.75, 3.05) is 13.1 Å². The molecule has 1 aromatic rings. The predicted octanol–water partition coefficient (Wildman–Crippen LogP) is 1.26. The molecule has 1 amide bonds. The van der Waals surface area contributed by atoms with Crippen molar-refractivity contribution in [2.24, 2.45) is 11.8 Å². The Balaban J connectivity index is 1.61. The largest absolute Gasteiger partial charge is 0.348 e. The molecule has 1 aliphatic heterocycles. The number of aryl methyl sites for hydroxylation is 1. The van der Waals surface area contributed by atoms with Crippen molar-refractivity contribution in [3.63, 3.8) is 0 Å². The van der Waals surface area contributed by atoms with Gasteiger partial charge in [0, 0.05) is 24.0 Å². The van der Waals surface area contributed by atoms with E-state index < -0.39 is 0 Å². The van der Waals surface area contributed by atoms with Crippen LogP contribution in [-0.4, -0.2) is 25.0 Å². The monoisotopic (exact) mass is 236 g/mol. The lowest BCUT2D eigenvalue weighted by Gasteiger charge is -2.05. The van der Waals surface area contributed by atoms with Crippen LogP contribution >= 0.6 is 11.3 Å². The Labute approximate surface area is 99.2 Å². The zero-order valence-electron chi connectivity index (χ0n) is 9.32. The van der Waals surface area contributed by atoms with Crippen molar-refractivity contribution < 1.29 is 4.79 Å². The molecule has 0 radical (unpaired) electrons. The highest BCUT2D eigenvalue weighted by molar-refractivity contribution is 7.14. The summed E-state index contributed by atoms with van der Waals surface area (Å²) >= 11 is 1.61. The molecule has 86 valence electrons. The summed E-state index contributed by atoms with van der Waals surface area (Å²) < 4.78 is 0. The summed E-state index contributed by atoms with van der Waals surface area (Å²) in [6, 6.07) is 4.42. The van der Waals surface area contributed by atoms with E-state index in [0.29, 0.717) is 17.9 Å². The van der Waals surface area contributed by atoms with E-state index in [1.807, 2.05) is 6.07 Å². The maximum absolute atomic E-state index is 11.9. The molecule has 1 saturated carbocycles. The fourth-order valence-corrected chi connectivity index (χ4v) is 3.40. The van der Waals surface area contributed by atoms with E-state index in [-0.39, 0.29) is 5.91 Å². The maximum Gasteiger partial charge on any atom is 0.261 e. The predicted molar refractivity (Wildman–Crippen MR) is 64.8 cm³/mol. The van der Waals surface area contributed by atoms with Crippen molar-refractivity contribution in [1.29, 1.82) is 0 Å². The fourth-order valence-electron chi connectivity index (χ4n) is 2.54. The van der Waals surface area contributed by atoms with Crippen molar-refractivity contribution in [3.05, 3.63) is 21.9 Å². The minimum atomic E-state index is 0.115. The van der Waals surface area contributed by atoms with Crippen LogP contribution in [0.3, 0.4) is 0 Å². The molecule has 2 atom stereocenters. The highest BCUT2D eigenvalue weighted by Crippen LogP contribution is 2.41. The van der Waals surface area contributed by atoms with Crippen molar-refractivity contribution in [1.82, 2.24) is 10.6 Å². The average Bonchev–Trinajstić information content (AvgIpc) is 2.81. The van der Waals surface area contributed by atoms with Gasteiger partial charge in [-0.15, -0.1) is 11.3 Å². The van der Waals surface area contributed by atoms with E-state index in [2.05, 4.69) is 23.6 Å². The molecule has 3 rings (SSSR count). The molecule has 2 heterocycles. The number of thiophene rings is 1. The SMILES string of the molecule is CCc1ccc(C(=O)NC2C3CNCC32)s1. The number of hydrogen-bond donors (Lipinski definition) is 2. The van der Waals surface area contributed by atoms with Gasteiger partial charge in [0.1, 0.15) is 0 Å².